The molecule has 1 aromatic carbocycles. The molecule has 2 heterocycles. The summed E-state index contributed by atoms with van der Waals surface area (Å²) in [5, 5.41) is 6.16. The summed E-state index contributed by atoms with van der Waals surface area (Å²) in [6.07, 6.45) is 6.37. The highest BCUT2D eigenvalue weighted by molar-refractivity contribution is 5.81. The molecule has 0 aliphatic carbocycles. The Morgan fingerprint density at radius 3 is 3.16 bits per heavy atom. The van der Waals surface area contributed by atoms with Crippen LogP contribution >= 0.6 is 0 Å². The first-order chi connectivity index (χ1) is 9.31. The number of likely N-dealkylation sites (tertiary alicyclic amines) is 1. The van der Waals surface area contributed by atoms with E-state index in [-0.39, 0.29) is 0 Å². The minimum atomic E-state index is 0.631. The summed E-state index contributed by atoms with van der Waals surface area (Å²) in [4.78, 5) is 6.56. The van der Waals surface area contributed by atoms with Crippen molar-refractivity contribution in [3.05, 3.63) is 42.2 Å². The maximum atomic E-state index is 4.15. The highest BCUT2D eigenvalue weighted by Crippen LogP contribution is 2.15. The number of likely N-dealkylation sites (N-methyl/N-ethyl adjacent to an activating group) is 1. The molecule has 3 heteroatoms. The third-order valence-electron chi connectivity index (χ3n) is 3.92. The molecule has 0 radical (unpaired) electrons. The second kappa shape index (κ2) is 5.68. The van der Waals surface area contributed by atoms with Crippen molar-refractivity contribution in [2.24, 2.45) is 0 Å². The van der Waals surface area contributed by atoms with Gasteiger partial charge >= 0.3 is 0 Å². The Morgan fingerprint density at radius 2 is 2.26 bits per heavy atom. The van der Waals surface area contributed by atoms with Crippen LogP contribution in [0.25, 0.3) is 10.8 Å². The average Bonchev–Trinajstić information content (AvgIpc) is 2.45. The lowest BCUT2D eigenvalue weighted by molar-refractivity contribution is 0.226. The number of rotatable bonds is 3. The fraction of sp³-hybridized carbons (Fsp3) is 0.438. The number of nitrogens with zero attached hydrogens (tertiary/aromatic N) is 2. The van der Waals surface area contributed by atoms with E-state index in [1.54, 1.807) is 0 Å². The highest BCUT2D eigenvalue weighted by atomic mass is 15.1. The van der Waals surface area contributed by atoms with Crippen LogP contribution in [0, 0.1) is 0 Å². The maximum absolute atomic E-state index is 4.15. The fourth-order valence-electron chi connectivity index (χ4n) is 2.84. The molecule has 1 N–H and O–H groups in total. The zero-order valence-corrected chi connectivity index (χ0v) is 11.5. The molecule has 0 amide bonds. The van der Waals surface area contributed by atoms with Gasteiger partial charge in [0.2, 0.25) is 0 Å². The molecule has 1 saturated heterocycles. The van der Waals surface area contributed by atoms with Gasteiger partial charge in [-0.25, -0.2) is 0 Å². The van der Waals surface area contributed by atoms with Crippen molar-refractivity contribution >= 4 is 10.8 Å². The number of piperidine rings is 1. The Labute approximate surface area is 114 Å². The first kappa shape index (κ1) is 12.6. The van der Waals surface area contributed by atoms with E-state index in [0.717, 1.165) is 13.1 Å². The van der Waals surface area contributed by atoms with Gasteiger partial charge in [0.1, 0.15) is 0 Å². The van der Waals surface area contributed by atoms with Gasteiger partial charge in [0.05, 0.1) is 0 Å². The van der Waals surface area contributed by atoms with Crippen molar-refractivity contribution in [3.63, 3.8) is 0 Å². The lowest BCUT2D eigenvalue weighted by atomic mass is 10.1. The molecule has 19 heavy (non-hydrogen) atoms. The summed E-state index contributed by atoms with van der Waals surface area (Å²) < 4.78 is 0. The molecule has 0 spiro atoms. The topological polar surface area (TPSA) is 28.2 Å². The van der Waals surface area contributed by atoms with Crippen molar-refractivity contribution in [3.8, 4) is 0 Å². The van der Waals surface area contributed by atoms with Crippen LogP contribution in [0.2, 0.25) is 0 Å². The van der Waals surface area contributed by atoms with Crippen LogP contribution in [0.15, 0.2) is 36.7 Å². The normalized spacial score (nSPS) is 20.8. The third-order valence-corrected chi connectivity index (χ3v) is 3.92. The van der Waals surface area contributed by atoms with E-state index in [0.29, 0.717) is 6.04 Å². The fourth-order valence-corrected chi connectivity index (χ4v) is 2.84. The van der Waals surface area contributed by atoms with E-state index in [1.165, 1.54) is 35.7 Å². The van der Waals surface area contributed by atoms with E-state index in [9.17, 15) is 0 Å². The molecule has 1 atom stereocenters. The standard InChI is InChI=1S/C16H21N3/c1-19-8-2-3-16(12-19)18-10-13-4-5-15-11-17-7-6-14(15)9-13/h4-7,9,11,16,18H,2-3,8,10,12H2,1H3. The van der Waals surface area contributed by atoms with Crippen LogP contribution in [-0.4, -0.2) is 36.1 Å². The Hall–Kier alpha value is -1.45. The predicted molar refractivity (Wildman–Crippen MR) is 79.1 cm³/mol. The maximum Gasteiger partial charge on any atom is 0.0346 e. The molecule has 0 bridgehead atoms. The Bertz CT molecular complexity index is 552. The van der Waals surface area contributed by atoms with Crippen LogP contribution in [-0.2, 0) is 6.54 Å². The van der Waals surface area contributed by atoms with Gasteiger partial charge in [0.15, 0.2) is 0 Å². The zero-order chi connectivity index (χ0) is 13.1. The van der Waals surface area contributed by atoms with E-state index >= 15 is 0 Å². The van der Waals surface area contributed by atoms with Crippen LogP contribution < -0.4 is 5.32 Å². The van der Waals surface area contributed by atoms with E-state index in [1.807, 2.05) is 12.4 Å². The van der Waals surface area contributed by atoms with Gasteiger partial charge in [0.25, 0.3) is 0 Å². The number of benzene rings is 1. The molecule has 0 saturated carbocycles. The Morgan fingerprint density at radius 1 is 1.32 bits per heavy atom. The smallest absolute Gasteiger partial charge is 0.0346 e. The van der Waals surface area contributed by atoms with Gasteiger partial charge in [-0.2, -0.15) is 0 Å². The molecule has 1 aromatic heterocycles. The minimum Gasteiger partial charge on any atom is -0.309 e. The van der Waals surface area contributed by atoms with Crippen molar-refractivity contribution in [1.82, 2.24) is 15.2 Å². The van der Waals surface area contributed by atoms with Crippen LogP contribution in [0.4, 0.5) is 0 Å². The molecular formula is C16H21N3. The van der Waals surface area contributed by atoms with Gasteiger partial charge in [-0.3, -0.25) is 4.98 Å². The SMILES string of the molecule is CN1CCCC(NCc2ccc3cnccc3c2)C1. The van der Waals surface area contributed by atoms with Crippen LogP contribution in [0.3, 0.4) is 0 Å². The molecule has 3 nitrogen and oxygen atoms in total. The third kappa shape index (κ3) is 3.11. The first-order valence-electron chi connectivity index (χ1n) is 7.06. The van der Waals surface area contributed by atoms with Crippen molar-refractivity contribution in [2.75, 3.05) is 20.1 Å². The molecule has 1 aliphatic rings. The summed E-state index contributed by atoms with van der Waals surface area (Å²) in [7, 11) is 2.21. The summed E-state index contributed by atoms with van der Waals surface area (Å²) in [6.45, 7) is 3.36. The number of nitrogens with one attached hydrogen (secondary N) is 1. The number of aromatic nitrogens is 1. The molecular weight excluding hydrogens is 234 g/mol. The van der Waals surface area contributed by atoms with Crippen molar-refractivity contribution in [1.29, 1.82) is 0 Å². The average molecular weight is 255 g/mol. The molecule has 1 fully saturated rings. The largest absolute Gasteiger partial charge is 0.309 e. The zero-order valence-electron chi connectivity index (χ0n) is 11.5. The summed E-state index contributed by atoms with van der Waals surface area (Å²) >= 11 is 0. The van der Waals surface area contributed by atoms with E-state index in [4.69, 9.17) is 0 Å². The number of hydrogen-bond donors (Lipinski definition) is 1. The van der Waals surface area contributed by atoms with Crippen LogP contribution in [0.1, 0.15) is 18.4 Å². The molecule has 1 unspecified atom stereocenters. The van der Waals surface area contributed by atoms with Gasteiger partial charge in [-0.15, -0.1) is 0 Å². The predicted octanol–water partition coefficient (Wildman–Crippen LogP) is 2.42. The lowest BCUT2D eigenvalue weighted by Gasteiger charge is -2.30. The number of fused-ring (bicyclic) bond motifs is 1. The van der Waals surface area contributed by atoms with E-state index in [2.05, 4.69) is 46.5 Å². The second-order valence-electron chi connectivity index (χ2n) is 5.54. The summed E-state index contributed by atoms with van der Waals surface area (Å²) in [5.74, 6) is 0. The van der Waals surface area contributed by atoms with Gasteiger partial charge < -0.3 is 10.2 Å². The van der Waals surface area contributed by atoms with Crippen molar-refractivity contribution < 1.29 is 0 Å². The monoisotopic (exact) mass is 255 g/mol. The van der Waals surface area contributed by atoms with E-state index < -0.39 is 0 Å². The molecule has 100 valence electrons. The summed E-state index contributed by atoms with van der Waals surface area (Å²) in [5.41, 5.74) is 1.35. The Kier molecular flexibility index (Phi) is 3.76. The highest BCUT2D eigenvalue weighted by Gasteiger charge is 2.16. The minimum absolute atomic E-state index is 0.631. The summed E-state index contributed by atoms with van der Waals surface area (Å²) in [6, 6.07) is 9.33. The van der Waals surface area contributed by atoms with Gasteiger partial charge in [-0.1, -0.05) is 12.1 Å². The van der Waals surface area contributed by atoms with Crippen molar-refractivity contribution in [2.45, 2.75) is 25.4 Å². The lowest BCUT2D eigenvalue weighted by Crippen LogP contribution is -2.43. The molecule has 1 aliphatic heterocycles. The molecule has 2 aromatic rings. The molecule has 3 rings (SSSR count). The van der Waals surface area contributed by atoms with Gasteiger partial charge in [0, 0.05) is 36.9 Å². The first-order valence-corrected chi connectivity index (χ1v) is 7.06. The number of pyridine rings is 1. The Balaban J connectivity index is 1.64. The van der Waals surface area contributed by atoms with Gasteiger partial charge in [-0.05, 0) is 49.5 Å². The van der Waals surface area contributed by atoms with Crippen LogP contribution in [0.5, 0.6) is 0 Å². The second-order valence-corrected chi connectivity index (χ2v) is 5.54. The number of hydrogen-bond acceptors (Lipinski definition) is 3. The quantitative estimate of drug-likeness (QED) is 0.913.